The number of hydrogen-bond donors (Lipinski definition) is 1. The van der Waals surface area contributed by atoms with Gasteiger partial charge in [0, 0.05) is 20.1 Å². The zero-order chi connectivity index (χ0) is 14.1. The Hall–Kier alpha value is -2.22. The van der Waals surface area contributed by atoms with E-state index in [4.69, 9.17) is 0 Å². The van der Waals surface area contributed by atoms with Gasteiger partial charge in [0.05, 0.1) is 11.4 Å². The van der Waals surface area contributed by atoms with Crippen LogP contribution in [0.25, 0.3) is 0 Å². The van der Waals surface area contributed by atoms with Gasteiger partial charge >= 0.3 is 0 Å². The Labute approximate surface area is 119 Å². The average Bonchev–Trinajstić information content (AvgIpc) is 3.09. The van der Waals surface area contributed by atoms with E-state index in [-0.39, 0.29) is 18.4 Å². The summed E-state index contributed by atoms with van der Waals surface area (Å²) >= 11 is 1.38. The van der Waals surface area contributed by atoms with Gasteiger partial charge in [-0.2, -0.15) is 0 Å². The van der Waals surface area contributed by atoms with E-state index in [1.54, 1.807) is 22.6 Å². The molecule has 0 fully saturated rings. The van der Waals surface area contributed by atoms with Crippen LogP contribution in [0.4, 0.5) is 0 Å². The van der Waals surface area contributed by atoms with Crippen LogP contribution in [0.3, 0.4) is 0 Å². The Morgan fingerprint density at radius 3 is 3.05 bits per heavy atom. The maximum absolute atomic E-state index is 11.9. The molecule has 1 aliphatic rings. The Morgan fingerprint density at radius 1 is 1.45 bits per heavy atom. The minimum Gasteiger partial charge on any atom is -0.344 e. The van der Waals surface area contributed by atoms with E-state index < -0.39 is 0 Å². The maximum atomic E-state index is 11.9. The fourth-order valence-electron chi connectivity index (χ4n) is 2.04. The number of carbonyl (C=O) groups is 2. The van der Waals surface area contributed by atoms with Crippen molar-refractivity contribution in [1.29, 1.82) is 0 Å². The van der Waals surface area contributed by atoms with Gasteiger partial charge in [0.2, 0.25) is 5.82 Å². The number of nitrogens with one attached hydrogen (secondary N) is 1. The molecule has 2 amide bonds. The van der Waals surface area contributed by atoms with Crippen LogP contribution < -0.4 is 5.32 Å². The normalized spacial score (nSPS) is 14.2. The summed E-state index contributed by atoms with van der Waals surface area (Å²) in [5.74, 6) is 0.654. The molecule has 0 aliphatic carbocycles. The molecule has 0 atom stereocenters. The number of rotatable bonds is 3. The van der Waals surface area contributed by atoms with Crippen LogP contribution in [0.15, 0.2) is 17.5 Å². The molecule has 0 aromatic carbocycles. The molecule has 2 aromatic heterocycles. The Morgan fingerprint density at radius 2 is 2.30 bits per heavy atom. The fraction of sp³-hybridized carbons (Fsp3) is 0.333. The minimum absolute atomic E-state index is 0.139. The summed E-state index contributed by atoms with van der Waals surface area (Å²) in [6.07, 6.45) is 0. The standard InChI is InChI=1S/C12H13N5O2S/c1-16-4-5-17-9(14-15-10(17)12(16)19)7-13-11(18)8-3-2-6-20-8/h2-3,6H,4-5,7H2,1H3,(H,13,18). The number of nitrogens with zero attached hydrogens (tertiary/aromatic N) is 4. The summed E-state index contributed by atoms with van der Waals surface area (Å²) in [6, 6.07) is 3.59. The van der Waals surface area contributed by atoms with Crippen molar-refractivity contribution in [2.24, 2.45) is 0 Å². The summed E-state index contributed by atoms with van der Waals surface area (Å²) in [4.78, 5) is 26.0. The van der Waals surface area contributed by atoms with Gasteiger partial charge in [-0.3, -0.25) is 9.59 Å². The first kappa shape index (κ1) is 12.8. The van der Waals surface area contributed by atoms with E-state index in [2.05, 4.69) is 15.5 Å². The lowest BCUT2D eigenvalue weighted by Gasteiger charge is -2.23. The van der Waals surface area contributed by atoms with Crippen molar-refractivity contribution in [3.8, 4) is 0 Å². The van der Waals surface area contributed by atoms with Gasteiger partial charge in [0.25, 0.3) is 11.8 Å². The molecule has 0 spiro atoms. The van der Waals surface area contributed by atoms with Gasteiger partial charge in [0.1, 0.15) is 0 Å². The van der Waals surface area contributed by atoms with Gasteiger partial charge in [-0.15, -0.1) is 21.5 Å². The maximum Gasteiger partial charge on any atom is 0.291 e. The van der Waals surface area contributed by atoms with Crippen LogP contribution in [0, 0.1) is 0 Å². The van der Waals surface area contributed by atoms with Crippen LogP contribution in [0.5, 0.6) is 0 Å². The van der Waals surface area contributed by atoms with Gasteiger partial charge < -0.3 is 14.8 Å². The molecule has 3 heterocycles. The summed E-state index contributed by atoms with van der Waals surface area (Å²) in [7, 11) is 1.73. The molecule has 0 unspecified atom stereocenters. The summed E-state index contributed by atoms with van der Waals surface area (Å²) < 4.78 is 1.76. The monoisotopic (exact) mass is 291 g/mol. The minimum atomic E-state index is -0.142. The topological polar surface area (TPSA) is 80.1 Å². The van der Waals surface area contributed by atoms with E-state index in [0.717, 1.165) is 0 Å². The zero-order valence-corrected chi connectivity index (χ0v) is 11.7. The van der Waals surface area contributed by atoms with Crippen molar-refractivity contribution in [3.63, 3.8) is 0 Å². The predicted molar refractivity (Wildman–Crippen MR) is 72.5 cm³/mol. The molecule has 20 heavy (non-hydrogen) atoms. The van der Waals surface area contributed by atoms with E-state index in [1.807, 2.05) is 11.4 Å². The van der Waals surface area contributed by atoms with E-state index in [0.29, 0.717) is 29.6 Å². The SMILES string of the molecule is CN1CCn2c(CNC(=O)c3cccs3)nnc2C1=O. The van der Waals surface area contributed by atoms with Gasteiger partial charge in [-0.1, -0.05) is 6.07 Å². The molecule has 7 nitrogen and oxygen atoms in total. The molecule has 0 radical (unpaired) electrons. The van der Waals surface area contributed by atoms with E-state index in [9.17, 15) is 9.59 Å². The second-order valence-electron chi connectivity index (χ2n) is 4.48. The smallest absolute Gasteiger partial charge is 0.291 e. The molecule has 8 heteroatoms. The highest BCUT2D eigenvalue weighted by molar-refractivity contribution is 7.12. The number of thiophene rings is 1. The van der Waals surface area contributed by atoms with Gasteiger partial charge in [0.15, 0.2) is 5.82 Å². The van der Waals surface area contributed by atoms with Crippen molar-refractivity contribution in [1.82, 2.24) is 25.0 Å². The lowest BCUT2D eigenvalue weighted by Crippen LogP contribution is -2.38. The van der Waals surface area contributed by atoms with E-state index >= 15 is 0 Å². The molecule has 1 N–H and O–H groups in total. The highest BCUT2D eigenvalue weighted by Crippen LogP contribution is 2.12. The molecule has 0 saturated carbocycles. The molecular weight excluding hydrogens is 278 g/mol. The molecular formula is C12H13N5O2S. The molecule has 0 saturated heterocycles. The third kappa shape index (κ3) is 2.18. The fourth-order valence-corrected chi connectivity index (χ4v) is 2.68. The zero-order valence-electron chi connectivity index (χ0n) is 10.9. The molecule has 0 bridgehead atoms. The van der Waals surface area contributed by atoms with Crippen molar-refractivity contribution in [2.45, 2.75) is 13.1 Å². The first-order chi connectivity index (χ1) is 9.66. The third-order valence-electron chi connectivity index (χ3n) is 3.18. The number of hydrogen-bond acceptors (Lipinski definition) is 5. The van der Waals surface area contributed by atoms with Crippen molar-refractivity contribution >= 4 is 23.2 Å². The lowest BCUT2D eigenvalue weighted by atomic mass is 10.3. The largest absolute Gasteiger partial charge is 0.344 e. The van der Waals surface area contributed by atoms with Crippen molar-refractivity contribution < 1.29 is 9.59 Å². The van der Waals surface area contributed by atoms with Gasteiger partial charge in [-0.05, 0) is 11.4 Å². The molecule has 1 aliphatic heterocycles. The average molecular weight is 291 g/mol. The molecule has 2 aromatic rings. The Bertz CT molecular complexity index is 649. The Kier molecular flexibility index (Phi) is 3.23. The van der Waals surface area contributed by atoms with Crippen molar-refractivity contribution in [2.75, 3.05) is 13.6 Å². The Balaban J connectivity index is 1.72. The van der Waals surface area contributed by atoms with Gasteiger partial charge in [-0.25, -0.2) is 0 Å². The lowest BCUT2D eigenvalue weighted by molar-refractivity contribution is 0.0740. The number of fused-ring (bicyclic) bond motifs is 1. The highest BCUT2D eigenvalue weighted by Gasteiger charge is 2.26. The van der Waals surface area contributed by atoms with Crippen LogP contribution in [-0.2, 0) is 13.1 Å². The molecule has 104 valence electrons. The highest BCUT2D eigenvalue weighted by atomic mass is 32.1. The van der Waals surface area contributed by atoms with Crippen molar-refractivity contribution in [3.05, 3.63) is 34.0 Å². The predicted octanol–water partition coefficient (Wildman–Crippen LogP) is 0.355. The summed E-state index contributed by atoms with van der Waals surface area (Å²) in [6.45, 7) is 1.53. The molecule has 3 rings (SSSR count). The van der Waals surface area contributed by atoms with Crippen LogP contribution >= 0.6 is 11.3 Å². The number of amides is 2. The second-order valence-corrected chi connectivity index (χ2v) is 5.43. The van der Waals surface area contributed by atoms with Crippen LogP contribution in [0.2, 0.25) is 0 Å². The van der Waals surface area contributed by atoms with Crippen LogP contribution in [-0.4, -0.2) is 45.1 Å². The summed E-state index contributed by atoms with van der Waals surface area (Å²) in [5.41, 5.74) is 0. The first-order valence-electron chi connectivity index (χ1n) is 6.16. The first-order valence-corrected chi connectivity index (χ1v) is 7.04. The second kappa shape index (κ2) is 5.04. The third-order valence-corrected chi connectivity index (χ3v) is 4.05. The van der Waals surface area contributed by atoms with E-state index in [1.165, 1.54) is 11.3 Å². The quantitative estimate of drug-likeness (QED) is 0.885. The number of carbonyl (C=O) groups excluding carboxylic acids is 2. The van der Waals surface area contributed by atoms with Crippen LogP contribution in [0.1, 0.15) is 26.1 Å². The number of likely N-dealkylation sites (N-methyl/N-ethyl adjacent to an activating group) is 1. The summed E-state index contributed by atoms with van der Waals surface area (Å²) in [5, 5.41) is 12.5. The number of aromatic nitrogens is 3.